The van der Waals surface area contributed by atoms with Crippen LogP contribution in [-0.4, -0.2) is 111 Å². The predicted molar refractivity (Wildman–Crippen MR) is 167 cm³/mol. The van der Waals surface area contributed by atoms with Crippen LogP contribution in [0.25, 0.3) is 21.5 Å². The predicted octanol–water partition coefficient (Wildman–Crippen LogP) is 3.50. The lowest BCUT2D eigenvalue weighted by Gasteiger charge is -2.35. The standard InChI is InChI=1S/C29H40N6O6S2/c1-19-22(17-33-7-9-35(10-8-33)28(36)41-29(2,3)4)24-25(42-19)23(31-27(32-24)34-11-13-40-14-12-34)20-15-21(18-43(6,37)38)26(39-5)30-16-20/h15-16H,7-14,17-18H2,1-6H3. The summed E-state index contributed by atoms with van der Waals surface area (Å²) in [4.78, 5) is 34.5. The topological polar surface area (TPSA) is 127 Å². The quantitative estimate of drug-likeness (QED) is 0.380. The summed E-state index contributed by atoms with van der Waals surface area (Å²) in [5.41, 5.74) is 3.39. The van der Waals surface area contributed by atoms with E-state index in [2.05, 4.69) is 21.7 Å². The van der Waals surface area contributed by atoms with Crippen molar-refractivity contribution in [1.82, 2.24) is 24.8 Å². The van der Waals surface area contributed by atoms with Crippen molar-refractivity contribution in [3.05, 3.63) is 28.3 Å². The van der Waals surface area contributed by atoms with Gasteiger partial charge in [-0.3, -0.25) is 4.90 Å². The lowest BCUT2D eigenvalue weighted by molar-refractivity contribution is 0.0139. The normalized spacial score (nSPS) is 17.0. The highest BCUT2D eigenvalue weighted by molar-refractivity contribution is 7.89. The van der Waals surface area contributed by atoms with E-state index in [0.717, 1.165) is 33.7 Å². The van der Waals surface area contributed by atoms with Crippen LogP contribution in [0.2, 0.25) is 0 Å². The summed E-state index contributed by atoms with van der Waals surface area (Å²) < 4.78 is 41.8. The highest BCUT2D eigenvalue weighted by atomic mass is 32.2. The Kier molecular flexibility index (Phi) is 9.12. The van der Waals surface area contributed by atoms with Crippen molar-refractivity contribution in [2.24, 2.45) is 0 Å². The molecule has 0 N–H and O–H groups in total. The molecule has 0 bridgehead atoms. The zero-order chi connectivity index (χ0) is 30.9. The molecule has 0 aliphatic carbocycles. The Morgan fingerprint density at radius 1 is 1.09 bits per heavy atom. The number of rotatable bonds is 7. The Balaban J connectivity index is 1.50. The third kappa shape index (κ3) is 7.54. The summed E-state index contributed by atoms with van der Waals surface area (Å²) >= 11 is 1.63. The SMILES string of the molecule is COc1ncc(-c2nc(N3CCOCC3)nc3c(CN4CCN(C(=O)OC(C)(C)C)CC4)c(C)sc23)cc1CS(C)(=O)=O. The van der Waals surface area contributed by atoms with Crippen LogP contribution in [0.15, 0.2) is 12.3 Å². The molecule has 3 aromatic heterocycles. The second kappa shape index (κ2) is 12.5. The number of carbonyl (C=O) groups excluding carboxylic acids is 1. The molecule has 0 aromatic carbocycles. The zero-order valence-corrected chi connectivity index (χ0v) is 27.3. The number of ether oxygens (including phenoxy) is 3. The van der Waals surface area contributed by atoms with Crippen LogP contribution >= 0.6 is 11.3 Å². The second-order valence-electron chi connectivity index (χ2n) is 12.0. The number of anilines is 1. The monoisotopic (exact) mass is 632 g/mol. The molecule has 1 amide bonds. The van der Waals surface area contributed by atoms with Crippen LogP contribution in [0, 0.1) is 6.92 Å². The Bertz CT molecular complexity index is 1590. The fraction of sp³-hybridized carbons (Fsp3) is 0.586. The molecule has 0 atom stereocenters. The minimum absolute atomic E-state index is 0.189. The summed E-state index contributed by atoms with van der Waals surface area (Å²) in [5.74, 6) is 0.701. The number of hydrogen-bond donors (Lipinski definition) is 0. The fourth-order valence-corrected chi connectivity index (χ4v) is 7.13. The number of piperazine rings is 1. The number of sulfone groups is 1. The molecule has 2 aliphatic rings. The Morgan fingerprint density at radius 2 is 1.79 bits per heavy atom. The maximum absolute atomic E-state index is 12.6. The lowest BCUT2D eigenvalue weighted by atomic mass is 10.1. The molecule has 12 nitrogen and oxygen atoms in total. The van der Waals surface area contributed by atoms with Crippen molar-refractivity contribution in [1.29, 1.82) is 0 Å². The van der Waals surface area contributed by atoms with E-state index in [1.54, 1.807) is 22.4 Å². The fourth-order valence-electron chi connectivity index (χ4n) is 5.24. The number of fused-ring (bicyclic) bond motifs is 1. The number of pyridine rings is 1. The van der Waals surface area contributed by atoms with Crippen molar-refractivity contribution < 1.29 is 27.4 Å². The van der Waals surface area contributed by atoms with E-state index in [1.807, 2.05) is 26.8 Å². The first-order valence-electron chi connectivity index (χ1n) is 14.4. The largest absolute Gasteiger partial charge is 0.481 e. The number of aromatic nitrogens is 3. The number of morpholine rings is 1. The lowest BCUT2D eigenvalue weighted by Crippen LogP contribution is -2.49. The van der Waals surface area contributed by atoms with Gasteiger partial charge >= 0.3 is 6.09 Å². The van der Waals surface area contributed by atoms with Gasteiger partial charge in [-0.2, -0.15) is 0 Å². The van der Waals surface area contributed by atoms with E-state index in [-0.39, 0.29) is 17.7 Å². The number of methoxy groups -OCH3 is 1. The average molecular weight is 633 g/mol. The van der Waals surface area contributed by atoms with E-state index in [9.17, 15) is 13.2 Å². The maximum Gasteiger partial charge on any atom is 0.410 e. The van der Waals surface area contributed by atoms with Gasteiger partial charge in [-0.25, -0.2) is 28.2 Å². The number of nitrogens with zero attached hydrogens (tertiary/aromatic N) is 6. The minimum Gasteiger partial charge on any atom is -0.481 e. The second-order valence-corrected chi connectivity index (χ2v) is 15.4. The Morgan fingerprint density at radius 3 is 2.42 bits per heavy atom. The van der Waals surface area contributed by atoms with Crippen LogP contribution in [0.5, 0.6) is 5.88 Å². The summed E-state index contributed by atoms with van der Waals surface area (Å²) in [6.07, 6.45) is 2.60. The smallest absolute Gasteiger partial charge is 0.410 e. The third-order valence-electron chi connectivity index (χ3n) is 7.33. The van der Waals surface area contributed by atoms with E-state index >= 15 is 0 Å². The van der Waals surface area contributed by atoms with E-state index in [0.29, 0.717) is 68.7 Å². The molecule has 2 fully saturated rings. The summed E-state index contributed by atoms with van der Waals surface area (Å²) in [6.45, 7) is 13.6. The molecule has 234 valence electrons. The van der Waals surface area contributed by atoms with Gasteiger partial charge in [0.25, 0.3) is 0 Å². The molecule has 0 saturated carbocycles. The number of hydrogen-bond acceptors (Lipinski definition) is 12. The molecule has 3 aromatic rings. The first-order chi connectivity index (χ1) is 20.3. The molecular formula is C29H40N6O6S2. The molecule has 14 heteroatoms. The van der Waals surface area contributed by atoms with Gasteiger partial charge in [0, 0.05) is 79.8 Å². The number of aryl methyl sites for hydroxylation is 1. The summed E-state index contributed by atoms with van der Waals surface area (Å²) in [7, 11) is -1.84. The average Bonchev–Trinajstić information content (AvgIpc) is 3.26. The van der Waals surface area contributed by atoms with E-state index in [1.165, 1.54) is 13.4 Å². The van der Waals surface area contributed by atoms with Gasteiger partial charge in [-0.1, -0.05) is 0 Å². The molecule has 43 heavy (non-hydrogen) atoms. The molecule has 5 rings (SSSR count). The van der Waals surface area contributed by atoms with Gasteiger partial charge in [-0.15, -0.1) is 11.3 Å². The molecule has 0 unspecified atom stereocenters. The molecule has 0 spiro atoms. The number of amides is 1. The van der Waals surface area contributed by atoms with Crippen molar-refractivity contribution in [3.63, 3.8) is 0 Å². The van der Waals surface area contributed by atoms with Crippen molar-refractivity contribution in [2.75, 3.05) is 70.7 Å². The van der Waals surface area contributed by atoms with Crippen LogP contribution in [0.1, 0.15) is 36.8 Å². The first-order valence-corrected chi connectivity index (χ1v) is 17.2. The first kappa shape index (κ1) is 31.4. The maximum atomic E-state index is 12.6. The van der Waals surface area contributed by atoms with Crippen LogP contribution < -0.4 is 9.64 Å². The molecular weight excluding hydrogens is 592 g/mol. The van der Waals surface area contributed by atoms with E-state index in [4.69, 9.17) is 24.2 Å². The summed E-state index contributed by atoms with van der Waals surface area (Å²) in [5, 5.41) is 0. The van der Waals surface area contributed by atoms with Crippen LogP contribution in [0.3, 0.4) is 0 Å². The zero-order valence-electron chi connectivity index (χ0n) is 25.7. The van der Waals surface area contributed by atoms with Crippen molar-refractivity contribution >= 4 is 43.4 Å². The Hall–Kier alpha value is -3.07. The molecule has 2 aliphatic heterocycles. The molecule has 2 saturated heterocycles. The van der Waals surface area contributed by atoms with Gasteiger partial charge in [0.2, 0.25) is 11.8 Å². The minimum atomic E-state index is -3.32. The van der Waals surface area contributed by atoms with Crippen molar-refractivity contribution in [2.45, 2.75) is 45.6 Å². The number of thiophene rings is 1. The van der Waals surface area contributed by atoms with E-state index < -0.39 is 15.4 Å². The van der Waals surface area contributed by atoms with Crippen LogP contribution in [0.4, 0.5) is 10.7 Å². The van der Waals surface area contributed by atoms with Gasteiger partial charge in [0.05, 0.1) is 42.0 Å². The van der Waals surface area contributed by atoms with Crippen molar-refractivity contribution in [3.8, 4) is 17.1 Å². The van der Waals surface area contributed by atoms with Crippen LogP contribution in [-0.2, 0) is 31.6 Å². The van der Waals surface area contributed by atoms with Gasteiger partial charge in [0.1, 0.15) is 5.60 Å². The number of carbonyl (C=O) groups is 1. The molecule has 0 radical (unpaired) electrons. The highest BCUT2D eigenvalue weighted by Gasteiger charge is 2.28. The van der Waals surface area contributed by atoms with Gasteiger partial charge in [0.15, 0.2) is 9.84 Å². The highest BCUT2D eigenvalue weighted by Crippen LogP contribution is 2.39. The van der Waals surface area contributed by atoms with Gasteiger partial charge < -0.3 is 24.0 Å². The molecule has 5 heterocycles. The third-order valence-corrected chi connectivity index (χ3v) is 9.31. The Labute approximate surface area is 256 Å². The summed E-state index contributed by atoms with van der Waals surface area (Å²) in [6, 6.07) is 1.81. The van der Waals surface area contributed by atoms with Gasteiger partial charge in [-0.05, 0) is 33.8 Å².